The van der Waals surface area contributed by atoms with Gasteiger partial charge in [0.15, 0.2) is 0 Å². The van der Waals surface area contributed by atoms with E-state index in [0.29, 0.717) is 13.0 Å². The van der Waals surface area contributed by atoms with Crippen molar-refractivity contribution in [2.45, 2.75) is 64.6 Å². The average molecular weight is 320 g/mol. The summed E-state index contributed by atoms with van der Waals surface area (Å²) < 4.78 is 13.0. The number of nitrogens with one attached hydrogen (secondary N) is 1. The molecule has 2 rings (SSSR count). The molecular weight excluding hydrogens is 295 g/mol. The molecule has 1 aliphatic rings. The second-order valence-electron chi connectivity index (χ2n) is 6.17. The number of benzene rings is 1. The molecule has 2 amide bonds. The fraction of sp³-hybridized carbons (Fsp3) is 0.556. The van der Waals surface area contributed by atoms with Crippen LogP contribution >= 0.6 is 0 Å². The van der Waals surface area contributed by atoms with E-state index >= 15 is 0 Å². The highest BCUT2D eigenvalue weighted by Crippen LogP contribution is 2.18. The van der Waals surface area contributed by atoms with Crippen LogP contribution in [0.25, 0.3) is 0 Å². The van der Waals surface area contributed by atoms with Gasteiger partial charge in [0.1, 0.15) is 11.9 Å². The molecule has 0 bridgehead atoms. The Morgan fingerprint density at radius 1 is 1.26 bits per heavy atom. The zero-order valence-electron chi connectivity index (χ0n) is 13.8. The summed E-state index contributed by atoms with van der Waals surface area (Å²) in [5.41, 5.74) is 0.814. The van der Waals surface area contributed by atoms with Gasteiger partial charge in [-0.1, -0.05) is 31.9 Å². The Labute approximate surface area is 137 Å². The van der Waals surface area contributed by atoms with Crippen molar-refractivity contribution < 1.29 is 14.0 Å². The van der Waals surface area contributed by atoms with Crippen LogP contribution in [-0.2, 0) is 16.1 Å². The van der Waals surface area contributed by atoms with E-state index in [0.717, 1.165) is 31.2 Å². The summed E-state index contributed by atoms with van der Waals surface area (Å²) in [5.74, 6) is -0.502. The lowest BCUT2D eigenvalue weighted by molar-refractivity contribution is -0.140. The van der Waals surface area contributed by atoms with Crippen molar-refractivity contribution in [3.63, 3.8) is 0 Å². The second-order valence-corrected chi connectivity index (χ2v) is 6.17. The van der Waals surface area contributed by atoms with Gasteiger partial charge in [-0.05, 0) is 37.5 Å². The normalized spacial score (nSPS) is 16.1. The topological polar surface area (TPSA) is 49.4 Å². The molecule has 1 N–H and O–H groups in total. The van der Waals surface area contributed by atoms with Gasteiger partial charge < -0.3 is 10.2 Å². The maximum absolute atomic E-state index is 13.0. The van der Waals surface area contributed by atoms with Crippen LogP contribution < -0.4 is 5.32 Å². The monoisotopic (exact) mass is 320 g/mol. The lowest BCUT2D eigenvalue weighted by Crippen LogP contribution is -2.49. The van der Waals surface area contributed by atoms with Crippen molar-refractivity contribution >= 4 is 11.8 Å². The summed E-state index contributed by atoms with van der Waals surface area (Å²) in [6, 6.07) is 5.72. The molecule has 1 aromatic carbocycles. The molecule has 23 heavy (non-hydrogen) atoms. The van der Waals surface area contributed by atoms with E-state index in [-0.39, 0.29) is 23.7 Å². The molecule has 0 heterocycles. The number of amides is 2. The van der Waals surface area contributed by atoms with Gasteiger partial charge in [0.05, 0.1) is 0 Å². The predicted molar refractivity (Wildman–Crippen MR) is 87.1 cm³/mol. The molecule has 0 radical (unpaired) electrons. The smallest absolute Gasteiger partial charge is 0.242 e. The maximum Gasteiger partial charge on any atom is 0.242 e. The summed E-state index contributed by atoms with van der Waals surface area (Å²) in [6.45, 7) is 3.84. The van der Waals surface area contributed by atoms with Gasteiger partial charge in [0, 0.05) is 19.0 Å². The summed E-state index contributed by atoms with van der Waals surface area (Å²) in [7, 11) is 0. The molecule has 1 atom stereocenters. The van der Waals surface area contributed by atoms with Crippen molar-refractivity contribution in [3.8, 4) is 0 Å². The first-order valence-electron chi connectivity index (χ1n) is 8.35. The SMILES string of the molecule is CCC(=O)N(Cc1ccc(F)cc1)C(C)C(=O)NC1CCCC1. The first-order valence-corrected chi connectivity index (χ1v) is 8.35. The fourth-order valence-electron chi connectivity index (χ4n) is 2.96. The van der Waals surface area contributed by atoms with Crippen LogP contribution in [0.5, 0.6) is 0 Å². The zero-order valence-corrected chi connectivity index (χ0v) is 13.8. The first kappa shape index (κ1) is 17.4. The van der Waals surface area contributed by atoms with Crippen molar-refractivity contribution in [2.75, 3.05) is 0 Å². The molecule has 1 unspecified atom stereocenters. The Morgan fingerprint density at radius 3 is 2.43 bits per heavy atom. The Bertz CT molecular complexity index is 538. The molecule has 5 heteroatoms. The number of hydrogen-bond acceptors (Lipinski definition) is 2. The molecule has 0 aliphatic heterocycles. The molecule has 0 aromatic heterocycles. The largest absolute Gasteiger partial charge is 0.352 e. The highest BCUT2D eigenvalue weighted by molar-refractivity contribution is 5.87. The van der Waals surface area contributed by atoms with E-state index in [1.54, 1.807) is 30.9 Å². The van der Waals surface area contributed by atoms with Crippen LogP contribution in [0.15, 0.2) is 24.3 Å². The molecule has 1 aliphatic carbocycles. The standard InChI is InChI=1S/C18H25FN2O2/c1-3-17(22)21(12-14-8-10-15(19)11-9-14)13(2)18(23)20-16-6-4-5-7-16/h8-11,13,16H,3-7,12H2,1-2H3,(H,20,23). The fourth-order valence-corrected chi connectivity index (χ4v) is 2.96. The van der Waals surface area contributed by atoms with Crippen LogP contribution in [0, 0.1) is 5.82 Å². The number of rotatable bonds is 6. The number of carbonyl (C=O) groups is 2. The van der Waals surface area contributed by atoms with Crippen molar-refractivity contribution in [1.82, 2.24) is 10.2 Å². The first-order chi connectivity index (χ1) is 11.0. The van der Waals surface area contributed by atoms with Crippen molar-refractivity contribution in [1.29, 1.82) is 0 Å². The third kappa shape index (κ3) is 4.78. The van der Waals surface area contributed by atoms with Gasteiger partial charge in [0.2, 0.25) is 11.8 Å². The Hall–Kier alpha value is -1.91. The summed E-state index contributed by atoms with van der Waals surface area (Å²) in [5, 5.41) is 3.04. The molecule has 0 spiro atoms. The average Bonchev–Trinajstić information content (AvgIpc) is 3.06. The molecule has 126 valence electrons. The van der Waals surface area contributed by atoms with E-state index in [9.17, 15) is 14.0 Å². The zero-order chi connectivity index (χ0) is 16.8. The van der Waals surface area contributed by atoms with E-state index < -0.39 is 6.04 Å². The van der Waals surface area contributed by atoms with Gasteiger partial charge >= 0.3 is 0 Å². The minimum absolute atomic E-state index is 0.0802. The molecular formula is C18H25FN2O2. The van der Waals surface area contributed by atoms with E-state index in [4.69, 9.17) is 0 Å². The van der Waals surface area contributed by atoms with Crippen LogP contribution in [0.4, 0.5) is 4.39 Å². The lowest BCUT2D eigenvalue weighted by Gasteiger charge is -2.29. The highest BCUT2D eigenvalue weighted by atomic mass is 19.1. The van der Waals surface area contributed by atoms with Crippen LogP contribution in [0.2, 0.25) is 0 Å². The Balaban J connectivity index is 2.05. The van der Waals surface area contributed by atoms with Crippen molar-refractivity contribution in [3.05, 3.63) is 35.6 Å². The van der Waals surface area contributed by atoms with E-state index in [1.165, 1.54) is 12.1 Å². The molecule has 1 fully saturated rings. The number of hydrogen-bond donors (Lipinski definition) is 1. The Kier molecular flexibility index (Phi) is 6.13. The summed E-state index contributed by atoms with van der Waals surface area (Å²) >= 11 is 0. The van der Waals surface area contributed by atoms with E-state index in [2.05, 4.69) is 5.32 Å². The minimum Gasteiger partial charge on any atom is -0.352 e. The van der Waals surface area contributed by atoms with Crippen LogP contribution in [-0.4, -0.2) is 28.8 Å². The predicted octanol–water partition coefficient (Wildman–Crippen LogP) is 3.01. The molecule has 1 aromatic rings. The third-order valence-electron chi connectivity index (χ3n) is 4.44. The second kappa shape index (κ2) is 8.09. The van der Waals surface area contributed by atoms with Gasteiger partial charge in [-0.3, -0.25) is 9.59 Å². The summed E-state index contributed by atoms with van der Waals surface area (Å²) in [6.07, 6.45) is 4.65. The number of carbonyl (C=O) groups excluding carboxylic acids is 2. The molecule has 1 saturated carbocycles. The van der Waals surface area contributed by atoms with Gasteiger partial charge in [0.25, 0.3) is 0 Å². The highest BCUT2D eigenvalue weighted by Gasteiger charge is 2.27. The summed E-state index contributed by atoms with van der Waals surface area (Å²) in [4.78, 5) is 26.2. The van der Waals surface area contributed by atoms with E-state index in [1.807, 2.05) is 0 Å². The van der Waals surface area contributed by atoms with Gasteiger partial charge in [-0.25, -0.2) is 4.39 Å². The maximum atomic E-state index is 13.0. The number of nitrogens with zero attached hydrogens (tertiary/aromatic N) is 1. The van der Waals surface area contributed by atoms with Gasteiger partial charge in [-0.2, -0.15) is 0 Å². The minimum atomic E-state index is -0.534. The third-order valence-corrected chi connectivity index (χ3v) is 4.44. The van der Waals surface area contributed by atoms with Crippen LogP contribution in [0.3, 0.4) is 0 Å². The molecule has 0 saturated heterocycles. The Morgan fingerprint density at radius 2 is 1.87 bits per heavy atom. The number of halogens is 1. The van der Waals surface area contributed by atoms with Crippen LogP contribution in [0.1, 0.15) is 51.5 Å². The van der Waals surface area contributed by atoms with Gasteiger partial charge in [-0.15, -0.1) is 0 Å². The quantitative estimate of drug-likeness (QED) is 0.876. The lowest BCUT2D eigenvalue weighted by atomic mass is 10.1. The molecule has 4 nitrogen and oxygen atoms in total. The van der Waals surface area contributed by atoms with Crippen molar-refractivity contribution in [2.24, 2.45) is 0 Å².